The fourth-order valence-corrected chi connectivity index (χ4v) is 7.19. The summed E-state index contributed by atoms with van der Waals surface area (Å²) in [6.45, 7) is 9.83. The number of unbranched alkanes of at least 4 members (excludes halogenated alkanes) is 27. The molecule has 0 aliphatic rings. The molecule has 0 fully saturated rings. The van der Waals surface area contributed by atoms with Gasteiger partial charge in [0.15, 0.2) is 11.5 Å². The van der Waals surface area contributed by atoms with Crippen LogP contribution in [0.25, 0.3) is 0 Å². The van der Waals surface area contributed by atoms with Gasteiger partial charge in [0.1, 0.15) is 18.9 Å². The zero-order chi connectivity index (χ0) is 37.2. The predicted molar refractivity (Wildman–Crippen MR) is 223 cm³/mol. The molecule has 0 atom stereocenters. The van der Waals surface area contributed by atoms with E-state index in [9.17, 15) is 0 Å². The number of rotatable bonds is 38. The van der Waals surface area contributed by atoms with Gasteiger partial charge in [-0.1, -0.05) is 194 Å². The molecule has 5 nitrogen and oxygen atoms in total. The number of hydrogen-bond acceptors (Lipinski definition) is 3. The average molecular weight is 726 g/mol. The van der Waals surface area contributed by atoms with Gasteiger partial charge < -0.3 is 14.2 Å². The number of aryl methyl sites for hydroxylation is 1. The quantitative estimate of drug-likeness (QED) is 0.0511. The van der Waals surface area contributed by atoms with Crippen molar-refractivity contribution in [1.29, 1.82) is 0 Å². The second kappa shape index (κ2) is 33.4. The third-order valence-electron chi connectivity index (χ3n) is 10.5. The Bertz CT molecular complexity index is 1020. The molecule has 5 heteroatoms. The molecular weight excluding hydrogens is 641 g/mol. The maximum atomic E-state index is 6.59. The highest BCUT2D eigenvalue weighted by Crippen LogP contribution is 2.40. The van der Waals surface area contributed by atoms with Gasteiger partial charge in [-0.05, 0) is 31.4 Å². The molecule has 1 aromatic carbocycles. The van der Waals surface area contributed by atoms with Gasteiger partial charge in [-0.3, -0.25) is 0 Å². The summed E-state index contributed by atoms with van der Waals surface area (Å²) in [4.78, 5) is 0. The van der Waals surface area contributed by atoms with Crippen LogP contribution in [0.5, 0.6) is 17.2 Å². The summed E-state index contributed by atoms with van der Waals surface area (Å²) in [5.41, 5.74) is 1.19. The zero-order valence-electron chi connectivity index (χ0n) is 35.0. The molecule has 300 valence electrons. The van der Waals surface area contributed by atoms with Crippen LogP contribution in [-0.2, 0) is 13.6 Å². The predicted octanol–water partition coefficient (Wildman–Crippen LogP) is 14.3. The molecule has 1 heterocycles. The molecule has 0 bridgehead atoms. The number of ether oxygens (including phenoxy) is 3. The lowest BCUT2D eigenvalue weighted by molar-refractivity contribution is -0.671. The monoisotopic (exact) mass is 726 g/mol. The Labute approximate surface area is 323 Å². The zero-order valence-corrected chi connectivity index (χ0v) is 35.0. The number of imidazole rings is 1. The van der Waals surface area contributed by atoms with Crippen LogP contribution >= 0.6 is 0 Å². The minimum atomic E-state index is 0.715. The maximum absolute atomic E-state index is 6.59. The molecule has 1 aromatic heterocycles. The maximum Gasteiger partial charge on any atom is 0.243 e. The lowest BCUT2D eigenvalue weighted by Gasteiger charge is -2.19. The highest BCUT2D eigenvalue weighted by Gasteiger charge is 2.17. The van der Waals surface area contributed by atoms with Crippen molar-refractivity contribution >= 4 is 0 Å². The number of benzene rings is 1. The summed E-state index contributed by atoms with van der Waals surface area (Å²) in [7, 11) is 2.07. The standard InChI is InChI=1S/C47H85N2O3/c1-5-8-11-14-17-20-23-26-29-32-37-50-45-40-44(42-49-36-35-48(4)43-49)41-46(51-38-33-30-27-24-21-18-15-12-9-6-2)47(45)52-39-34-31-28-25-22-19-16-13-10-7-3/h35-36,40-41,43H,5-34,37-39,42H2,1-4H3/q+1. The molecule has 0 spiro atoms. The molecule has 0 radical (unpaired) electrons. The minimum Gasteiger partial charge on any atom is -0.490 e. The van der Waals surface area contributed by atoms with Gasteiger partial charge in [0, 0.05) is 5.56 Å². The second-order valence-electron chi connectivity index (χ2n) is 15.8. The van der Waals surface area contributed by atoms with Crippen molar-refractivity contribution in [3.63, 3.8) is 0 Å². The van der Waals surface area contributed by atoms with E-state index in [4.69, 9.17) is 14.2 Å². The molecule has 2 aromatic rings. The summed E-state index contributed by atoms with van der Waals surface area (Å²) in [5.74, 6) is 2.53. The normalized spacial score (nSPS) is 11.4. The SMILES string of the molecule is CCCCCCCCCCCCOc1cc(Cn2cc[n+](C)c2)cc(OCCCCCCCCCCCC)c1OCCCCCCCCCCCC. The summed E-state index contributed by atoms with van der Waals surface area (Å²) < 4.78 is 24.0. The molecule has 52 heavy (non-hydrogen) atoms. The summed E-state index contributed by atoms with van der Waals surface area (Å²) in [5, 5.41) is 0. The summed E-state index contributed by atoms with van der Waals surface area (Å²) in [6, 6.07) is 4.41. The summed E-state index contributed by atoms with van der Waals surface area (Å²) >= 11 is 0. The van der Waals surface area contributed by atoms with Crippen LogP contribution in [0.2, 0.25) is 0 Å². The van der Waals surface area contributed by atoms with E-state index < -0.39 is 0 Å². The first-order chi connectivity index (χ1) is 25.7. The van der Waals surface area contributed by atoms with E-state index in [1.54, 1.807) is 0 Å². The highest BCUT2D eigenvalue weighted by molar-refractivity contribution is 5.54. The van der Waals surface area contributed by atoms with E-state index >= 15 is 0 Å². The van der Waals surface area contributed by atoms with Crippen molar-refractivity contribution in [2.24, 2.45) is 7.05 Å². The van der Waals surface area contributed by atoms with Crippen molar-refractivity contribution in [1.82, 2.24) is 4.57 Å². The van der Waals surface area contributed by atoms with Crippen molar-refractivity contribution in [2.45, 2.75) is 220 Å². The van der Waals surface area contributed by atoms with Crippen LogP contribution in [0.15, 0.2) is 30.9 Å². The van der Waals surface area contributed by atoms with Gasteiger partial charge in [-0.15, -0.1) is 0 Å². The third kappa shape index (κ3) is 24.2. The van der Waals surface area contributed by atoms with Crippen molar-refractivity contribution in [3.05, 3.63) is 36.4 Å². The molecule has 0 unspecified atom stereocenters. The highest BCUT2D eigenvalue weighted by atomic mass is 16.5. The van der Waals surface area contributed by atoms with E-state index in [0.717, 1.165) is 56.3 Å². The third-order valence-corrected chi connectivity index (χ3v) is 10.5. The van der Waals surface area contributed by atoms with E-state index in [1.807, 2.05) is 0 Å². The van der Waals surface area contributed by atoms with Gasteiger partial charge in [-0.2, -0.15) is 0 Å². The van der Waals surface area contributed by atoms with E-state index in [2.05, 4.69) is 67.8 Å². The van der Waals surface area contributed by atoms with Crippen molar-refractivity contribution < 1.29 is 18.8 Å². The van der Waals surface area contributed by atoms with Gasteiger partial charge in [0.05, 0.1) is 26.9 Å². The van der Waals surface area contributed by atoms with E-state index in [0.29, 0.717) is 6.61 Å². The van der Waals surface area contributed by atoms with Crippen LogP contribution in [0.3, 0.4) is 0 Å². The van der Waals surface area contributed by atoms with Crippen LogP contribution < -0.4 is 18.8 Å². The summed E-state index contributed by atoms with van der Waals surface area (Å²) in [6.07, 6.45) is 46.1. The topological polar surface area (TPSA) is 36.5 Å². The Hall–Kier alpha value is -2.17. The molecule has 0 amide bonds. The van der Waals surface area contributed by atoms with Gasteiger partial charge in [0.25, 0.3) is 0 Å². The number of nitrogens with zero attached hydrogens (tertiary/aromatic N) is 2. The molecular formula is C47H85N2O3+. The molecule has 0 aliphatic carbocycles. The Balaban J connectivity index is 1.96. The Morgan fingerprint density at radius 3 is 1.10 bits per heavy atom. The van der Waals surface area contributed by atoms with Crippen LogP contribution in [-0.4, -0.2) is 24.4 Å². The minimum absolute atomic E-state index is 0.715. The van der Waals surface area contributed by atoms with Crippen LogP contribution in [0, 0.1) is 0 Å². The van der Waals surface area contributed by atoms with Gasteiger partial charge >= 0.3 is 0 Å². The second-order valence-corrected chi connectivity index (χ2v) is 15.8. The van der Waals surface area contributed by atoms with Crippen LogP contribution in [0.4, 0.5) is 0 Å². The fraction of sp³-hybridized carbons (Fsp3) is 0.809. The lowest BCUT2D eigenvalue weighted by Crippen LogP contribution is -2.23. The van der Waals surface area contributed by atoms with Crippen LogP contribution in [0.1, 0.15) is 219 Å². The lowest BCUT2D eigenvalue weighted by atomic mass is 10.1. The molecule has 0 N–H and O–H groups in total. The fourth-order valence-electron chi connectivity index (χ4n) is 7.19. The first kappa shape index (κ1) is 46.0. The molecule has 2 rings (SSSR count). The first-order valence-electron chi connectivity index (χ1n) is 22.7. The first-order valence-corrected chi connectivity index (χ1v) is 22.7. The Kier molecular flexibility index (Phi) is 29.5. The van der Waals surface area contributed by atoms with Crippen molar-refractivity contribution in [2.75, 3.05) is 19.8 Å². The molecule has 0 aliphatic heterocycles. The Morgan fingerprint density at radius 1 is 0.442 bits per heavy atom. The molecule has 0 saturated heterocycles. The van der Waals surface area contributed by atoms with Crippen molar-refractivity contribution in [3.8, 4) is 17.2 Å². The largest absolute Gasteiger partial charge is 0.490 e. The Morgan fingerprint density at radius 2 is 0.769 bits per heavy atom. The van der Waals surface area contributed by atoms with E-state index in [1.165, 1.54) is 179 Å². The van der Waals surface area contributed by atoms with E-state index in [-0.39, 0.29) is 0 Å². The number of hydrogen-bond donors (Lipinski definition) is 0. The average Bonchev–Trinajstić information content (AvgIpc) is 3.56. The molecule has 0 saturated carbocycles. The number of aromatic nitrogens is 2. The van der Waals surface area contributed by atoms with Gasteiger partial charge in [-0.25, -0.2) is 9.13 Å². The van der Waals surface area contributed by atoms with Gasteiger partial charge in [0.2, 0.25) is 12.1 Å². The smallest absolute Gasteiger partial charge is 0.243 e.